The fourth-order valence-electron chi connectivity index (χ4n) is 0. The molecule has 0 unspecified atom stereocenters. The van der Waals surface area contributed by atoms with Crippen molar-refractivity contribution < 1.29 is 0 Å². The first-order valence-electron chi connectivity index (χ1n) is 0. The molecule has 0 radical (unpaired) electrons. The van der Waals surface area contributed by atoms with Crippen molar-refractivity contribution in [2.24, 2.45) is 0 Å². The molecule has 0 saturated heterocycles. The Labute approximate surface area is 84.0 Å². The van der Waals surface area contributed by atoms with Gasteiger partial charge < -0.3 is 0 Å². The fraction of sp³-hybridized carbons (Fsp3) is 0. The summed E-state index contributed by atoms with van der Waals surface area (Å²) in [6.45, 7) is 0. The van der Waals surface area contributed by atoms with Gasteiger partial charge in [0.2, 0.25) is 0 Å². The van der Waals surface area contributed by atoms with E-state index in [0.717, 1.165) is 0 Å². The van der Waals surface area contributed by atoms with Crippen LogP contribution in [0.15, 0.2) is 0 Å². The van der Waals surface area contributed by atoms with Crippen LogP contribution < -0.4 is 0 Å². The maximum absolute atomic E-state index is 0. The van der Waals surface area contributed by atoms with Crippen molar-refractivity contribution in [3.05, 3.63) is 0 Å². The third-order valence-electron chi connectivity index (χ3n) is 0. The van der Waals surface area contributed by atoms with Gasteiger partial charge in [-0.05, 0) is 0 Å². The summed E-state index contributed by atoms with van der Waals surface area (Å²) in [5, 5.41) is 0. The van der Waals surface area contributed by atoms with Gasteiger partial charge >= 0.3 is 17.1 Å². The molecule has 0 aliphatic carbocycles. The Bertz CT molecular complexity index is 3.61. The second kappa shape index (κ2) is 32.0. The van der Waals surface area contributed by atoms with Gasteiger partial charge in [0, 0.05) is 0 Å². The molecule has 0 N–H and O–H groups in total. The third kappa shape index (κ3) is 21.3. The Hall–Kier alpha value is 2.44. The van der Waals surface area contributed by atoms with Crippen LogP contribution in [0, 0.1) is 0 Å². The summed E-state index contributed by atoms with van der Waals surface area (Å²) >= 11 is 0. The predicted molar refractivity (Wildman–Crippen MR) is 49.8 cm³/mol. The van der Waals surface area contributed by atoms with Crippen LogP contribution in [-0.2, 0) is 0 Å². The molecule has 0 nitrogen and oxygen atoms in total. The normalized spacial score (nSPS) is 0. The van der Waals surface area contributed by atoms with E-state index < -0.39 is 0 Å². The van der Waals surface area contributed by atoms with Crippen LogP contribution in [0.3, 0.4) is 0 Å². The molecular formula is H6Br4Se. The van der Waals surface area contributed by atoms with Crippen molar-refractivity contribution in [3.8, 4) is 0 Å². The summed E-state index contributed by atoms with van der Waals surface area (Å²) < 4.78 is 0. The van der Waals surface area contributed by atoms with Gasteiger partial charge in [-0.2, -0.15) is 0 Å². The SMILES string of the molecule is Br.Br.Br.Br.[SeH2]. The van der Waals surface area contributed by atoms with E-state index in [9.17, 15) is 0 Å². The number of rotatable bonds is 0. The number of hydrogen-bond acceptors (Lipinski definition) is 0. The van der Waals surface area contributed by atoms with Crippen LogP contribution in [0.25, 0.3) is 0 Å². The van der Waals surface area contributed by atoms with E-state index in [2.05, 4.69) is 0 Å². The van der Waals surface area contributed by atoms with Crippen LogP contribution in [-0.4, -0.2) is 17.1 Å². The minimum atomic E-state index is 0. The molecule has 0 aromatic rings. The van der Waals surface area contributed by atoms with Crippen LogP contribution >= 0.6 is 67.9 Å². The molecule has 5 heteroatoms. The van der Waals surface area contributed by atoms with Crippen molar-refractivity contribution in [1.82, 2.24) is 0 Å². The monoisotopic (exact) mass is 402 g/mol. The van der Waals surface area contributed by atoms with E-state index in [1.165, 1.54) is 0 Å². The second-order valence-electron chi connectivity index (χ2n) is 0. The zero-order valence-corrected chi connectivity index (χ0v) is 11.1. The fourth-order valence-corrected chi connectivity index (χ4v) is 0. The van der Waals surface area contributed by atoms with E-state index >= 15 is 0 Å². The molecule has 0 aliphatic rings. The van der Waals surface area contributed by atoms with Gasteiger partial charge in [-0.3, -0.25) is 0 Å². The average molecular weight is 405 g/mol. The molecule has 0 aliphatic heterocycles. The molecule has 40 valence electrons. The Balaban J connectivity index is 0. The Kier molecular flexibility index (Phi) is 332. The first-order valence-corrected chi connectivity index (χ1v) is 0. The quantitative estimate of drug-likeness (QED) is 0.536. The molecule has 0 spiro atoms. The summed E-state index contributed by atoms with van der Waals surface area (Å²) in [4.78, 5) is 0. The molecule has 0 aromatic heterocycles. The second-order valence-corrected chi connectivity index (χ2v) is 0. The van der Waals surface area contributed by atoms with Crippen molar-refractivity contribution in [1.29, 1.82) is 0 Å². The van der Waals surface area contributed by atoms with E-state index in [0.29, 0.717) is 0 Å². The summed E-state index contributed by atoms with van der Waals surface area (Å²) in [5.41, 5.74) is 0. The molecular weight excluding hydrogens is 399 g/mol. The van der Waals surface area contributed by atoms with Crippen LogP contribution in [0.5, 0.6) is 0 Å². The summed E-state index contributed by atoms with van der Waals surface area (Å²) in [5.74, 6) is 0. The minimum absolute atomic E-state index is 0. The molecule has 0 fully saturated rings. The van der Waals surface area contributed by atoms with Crippen molar-refractivity contribution in [2.45, 2.75) is 0 Å². The van der Waals surface area contributed by atoms with Gasteiger partial charge in [-0.15, -0.1) is 67.9 Å². The number of halogens is 4. The summed E-state index contributed by atoms with van der Waals surface area (Å²) in [6, 6.07) is 0. The first-order chi connectivity index (χ1) is 0. The maximum atomic E-state index is 0. The van der Waals surface area contributed by atoms with E-state index in [-0.39, 0.29) is 85.0 Å². The molecule has 0 aromatic carbocycles. The van der Waals surface area contributed by atoms with Crippen molar-refractivity contribution in [3.63, 3.8) is 0 Å². The van der Waals surface area contributed by atoms with E-state index in [4.69, 9.17) is 0 Å². The molecule has 5 heavy (non-hydrogen) atoms. The molecule has 0 saturated carbocycles. The van der Waals surface area contributed by atoms with Gasteiger partial charge in [-0.25, -0.2) is 0 Å². The number of hydrogen-bond donors (Lipinski definition) is 0. The molecule has 0 amide bonds. The van der Waals surface area contributed by atoms with E-state index in [1.807, 2.05) is 0 Å². The van der Waals surface area contributed by atoms with Crippen molar-refractivity contribution >= 4 is 85.0 Å². The zero-order chi connectivity index (χ0) is 0. The Morgan fingerprint density at radius 1 is 0.400 bits per heavy atom. The molecule has 0 heterocycles. The Morgan fingerprint density at radius 2 is 0.400 bits per heavy atom. The van der Waals surface area contributed by atoms with Gasteiger partial charge in [0.25, 0.3) is 0 Å². The van der Waals surface area contributed by atoms with E-state index in [1.54, 1.807) is 0 Å². The Morgan fingerprint density at radius 3 is 0.400 bits per heavy atom. The average Bonchev–Trinajstić information content (AvgIpc) is 0. The third-order valence-corrected chi connectivity index (χ3v) is 0. The first kappa shape index (κ1) is 51.8. The van der Waals surface area contributed by atoms with Gasteiger partial charge in [0.1, 0.15) is 0 Å². The van der Waals surface area contributed by atoms with Crippen LogP contribution in [0.1, 0.15) is 0 Å². The van der Waals surface area contributed by atoms with Gasteiger partial charge in [-0.1, -0.05) is 0 Å². The van der Waals surface area contributed by atoms with Gasteiger partial charge in [0.15, 0.2) is 0 Å². The van der Waals surface area contributed by atoms with Gasteiger partial charge in [0.05, 0.1) is 0 Å². The molecule has 0 rings (SSSR count). The standard InChI is InChI=1S/4BrH.H2Se/h4*1H;1H2. The van der Waals surface area contributed by atoms with Crippen LogP contribution in [0.2, 0.25) is 0 Å². The molecule has 0 atom stereocenters. The van der Waals surface area contributed by atoms with Crippen molar-refractivity contribution in [2.75, 3.05) is 0 Å². The predicted octanol–water partition coefficient (Wildman–Crippen LogP) is 1.40. The zero-order valence-electron chi connectivity index (χ0n) is 2.13. The van der Waals surface area contributed by atoms with Crippen LogP contribution in [0.4, 0.5) is 0 Å². The molecule has 0 bridgehead atoms. The summed E-state index contributed by atoms with van der Waals surface area (Å²) in [6.07, 6.45) is 0. The topological polar surface area (TPSA) is 0 Å². The summed E-state index contributed by atoms with van der Waals surface area (Å²) in [7, 11) is 0.